The number of aromatic amines is 1. The molecule has 2 aliphatic heterocycles. The number of rotatable bonds is 6. The molecular weight excluding hydrogens is 478 g/mol. The van der Waals surface area contributed by atoms with E-state index in [4.69, 9.17) is 0 Å². The van der Waals surface area contributed by atoms with Crippen molar-refractivity contribution >= 4 is 17.2 Å². The fraction of sp³-hybridized carbons (Fsp3) is 0.677. The Hall–Kier alpha value is -1.92. The molecule has 2 fully saturated rings. The zero-order chi connectivity index (χ0) is 26.3. The van der Waals surface area contributed by atoms with E-state index in [1.165, 1.54) is 73.5 Å². The summed E-state index contributed by atoms with van der Waals surface area (Å²) >= 11 is 1.89. The average molecular weight is 524 g/mol. The van der Waals surface area contributed by atoms with Gasteiger partial charge in [0.05, 0.1) is 12.1 Å². The maximum Gasteiger partial charge on any atom is 0.255 e. The number of piperidine rings is 1. The quantitative estimate of drug-likeness (QED) is 0.480. The first-order valence-electron chi connectivity index (χ1n) is 14.5. The lowest BCUT2D eigenvalue weighted by Crippen LogP contribution is -2.40. The van der Waals surface area contributed by atoms with Crippen LogP contribution in [0.15, 0.2) is 10.9 Å². The van der Waals surface area contributed by atoms with Crippen LogP contribution in [0, 0.1) is 32.1 Å². The van der Waals surface area contributed by atoms with Crippen LogP contribution in [-0.2, 0) is 13.0 Å². The van der Waals surface area contributed by atoms with Crippen molar-refractivity contribution in [2.45, 2.75) is 98.4 Å². The highest BCUT2D eigenvalue weighted by Crippen LogP contribution is 2.43. The average Bonchev–Trinajstić information content (AvgIpc) is 3.37. The van der Waals surface area contributed by atoms with Crippen LogP contribution in [0.2, 0.25) is 0 Å². The molecule has 1 amide bonds. The number of H-pyrrole nitrogens is 1. The molecule has 1 N–H and O–H groups in total. The summed E-state index contributed by atoms with van der Waals surface area (Å²) in [5.74, 6) is 1.29. The fourth-order valence-electron chi connectivity index (χ4n) is 7.34. The molecule has 5 nitrogen and oxygen atoms in total. The number of carbonyl (C=O) groups excluding carboxylic acids is 1. The summed E-state index contributed by atoms with van der Waals surface area (Å²) < 4.78 is 0. The lowest BCUT2D eigenvalue weighted by molar-refractivity contribution is 0.0747. The molecule has 0 bridgehead atoms. The molecule has 3 aliphatic rings. The molecule has 5 rings (SSSR count). The van der Waals surface area contributed by atoms with E-state index in [1.807, 2.05) is 36.2 Å². The minimum atomic E-state index is -0.0700. The molecular formula is C31H45N3O2S. The van der Waals surface area contributed by atoms with Gasteiger partial charge < -0.3 is 14.8 Å². The van der Waals surface area contributed by atoms with Crippen LogP contribution in [-0.4, -0.2) is 46.9 Å². The highest BCUT2D eigenvalue weighted by atomic mass is 32.1. The van der Waals surface area contributed by atoms with E-state index in [0.717, 1.165) is 29.7 Å². The highest BCUT2D eigenvalue weighted by molar-refractivity contribution is 7.12. The summed E-state index contributed by atoms with van der Waals surface area (Å²) in [6, 6.07) is 2.00. The Kier molecular flexibility index (Phi) is 7.70. The van der Waals surface area contributed by atoms with Gasteiger partial charge in [-0.25, -0.2) is 0 Å². The van der Waals surface area contributed by atoms with E-state index in [2.05, 4.69) is 30.7 Å². The Labute approximate surface area is 226 Å². The number of nitrogens with zero attached hydrogens (tertiary/aromatic N) is 2. The number of pyridine rings is 1. The molecule has 2 aromatic rings. The Morgan fingerprint density at radius 3 is 2.46 bits per heavy atom. The van der Waals surface area contributed by atoms with E-state index < -0.39 is 0 Å². The number of aryl methyl sites for hydroxylation is 3. The molecule has 0 radical (unpaired) electrons. The predicted molar refractivity (Wildman–Crippen MR) is 153 cm³/mol. The number of thiophene rings is 1. The van der Waals surface area contributed by atoms with Gasteiger partial charge in [-0.1, -0.05) is 26.7 Å². The Bertz CT molecular complexity index is 1200. The normalized spacial score (nSPS) is 21.8. The second-order valence-electron chi connectivity index (χ2n) is 12.6. The molecule has 202 valence electrons. The predicted octanol–water partition coefficient (Wildman–Crippen LogP) is 6.35. The third-order valence-electron chi connectivity index (χ3n) is 9.60. The largest absolute Gasteiger partial charge is 0.334 e. The van der Waals surface area contributed by atoms with Crippen LogP contribution in [0.5, 0.6) is 0 Å². The number of likely N-dealkylation sites (tertiary alicyclic amines) is 1. The lowest BCUT2D eigenvalue weighted by Gasteiger charge is -2.39. The second-order valence-corrected chi connectivity index (χ2v) is 13.7. The Morgan fingerprint density at radius 2 is 1.78 bits per heavy atom. The van der Waals surface area contributed by atoms with Gasteiger partial charge in [0.1, 0.15) is 0 Å². The fourth-order valence-corrected chi connectivity index (χ4v) is 8.83. The van der Waals surface area contributed by atoms with Crippen LogP contribution in [0.4, 0.5) is 0 Å². The van der Waals surface area contributed by atoms with Gasteiger partial charge in [-0.2, -0.15) is 0 Å². The van der Waals surface area contributed by atoms with E-state index in [9.17, 15) is 9.59 Å². The van der Waals surface area contributed by atoms with Crippen LogP contribution in [0.1, 0.15) is 107 Å². The minimum Gasteiger partial charge on any atom is -0.334 e. The van der Waals surface area contributed by atoms with Gasteiger partial charge in [-0.15, -0.1) is 11.3 Å². The summed E-state index contributed by atoms with van der Waals surface area (Å²) in [6.45, 7) is 15.7. The summed E-state index contributed by atoms with van der Waals surface area (Å²) in [6.07, 6.45) is 10.0. The van der Waals surface area contributed by atoms with Gasteiger partial charge >= 0.3 is 0 Å². The molecule has 0 aromatic carbocycles. The molecule has 4 heterocycles. The van der Waals surface area contributed by atoms with Gasteiger partial charge in [-0.05, 0) is 107 Å². The van der Waals surface area contributed by atoms with Crippen molar-refractivity contribution in [3.05, 3.63) is 54.1 Å². The minimum absolute atomic E-state index is 0.0700. The van der Waals surface area contributed by atoms with E-state index in [1.54, 1.807) is 0 Å². The summed E-state index contributed by atoms with van der Waals surface area (Å²) in [4.78, 5) is 36.7. The van der Waals surface area contributed by atoms with Crippen molar-refractivity contribution in [2.75, 3.05) is 26.2 Å². The van der Waals surface area contributed by atoms with E-state index >= 15 is 0 Å². The van der Waals surface area contributed by atoms with Crippen molar-refractivity contribution in [3.63, 3.8) is 0 Å². The van der Waals surface area contributed by atoms with Crippen molar-refractivity contribution in [1.82, 2.24) is 14.8 Å². The molecule has 0 unspecified atom stereocenters. The molecule has 37 heavy (non-hydrogen) atoms. The molecule has 1 aliphatic carbocycles. The van der Waals surface area contributed by atoms with Gasteiger partial charge in [-0.3, -0.25) is 9.59 Å². The third kappa shape index (κ3) is 5.47. The number of amides is 1. The maximum atomic E-state index is 13.8. The number of fused-ring (bicyclic) bond motifs is 1. The molecule has 2 aromatic heterocycles. The van der Waals surface area contributed by atoms with Crippen molar-refractivity contribution in [2.24, 2.45) is 11.3 Å². The number of hydrogen-bond acceptors (Lipinski definition) is 4. The molecule has 1 saturated carbocycles. The van der Waals surface area contributed by atoms with Crippen LogP contribution in [0.3, 0.4) is 0 Å². The molecule has 0 spiro atoms. The topological polar surface area (TPSA) is 56.4 Å². The lowest BCUT2D eigenvalue weighted by atomic mass is 9.81. The van der Waals surface area contributed by atoms with Gasteiger partial charge in [0.25, 0.3) is 11.5 Å². The monoisotopic (exact) mass is 523 g/mol. The Balaban J connectivity index is 1.29. The van der Waals surface area contributed by atoms with Gasteiger partial charge in [0.15, 0.2) is 0 Å². The maximum absolute atomic E-state index is 13.8. The number of hydrogen-bond donors (Lipinski definition) is 1. The first-order chi connectivity index (χ1) is 17.6. The van der Waals surface area contributed by atoms with Gasteiger partial charge in [0.2, 0.25) is 0 Å². The van der Waals surface area contributed by atoms with Crippen molar-refractivity contribution in [1.29, 1.82) is 0 Å². The number of nitrogens with one attached hydrogen (secondary N) is 1. The van der Waals surface area contributed by atoms with Crippen LogP contribution in [0.25, 0.3) is 0 Å². The third-order valence-corrected chi connectivity index (χ3v) is 11.2. The summed E-state index contributed by atoms with van der Waals surface area (Å²) in [7, 11) is 0. The van der Waals surface area contributed by atoms with E-state index in [-0.39, 0.29) is 11.5 Å². The first kappa shape index (κ1) is 26.7. The number of aromatic nitrogens is 1. The van der Waals surface area contributed by atoms with Crippen molar-refractivity contribution < 1.29 is 4.79 Å². The summed E-state index contributed by atoms with van der Waals surface area (Å²) in [5, 5.41) is 0. The zero-order valence-corrected chi connectivity index (χ0v) is 24.4. The van der Waals surface area contributed by atoms with E-state index in [0.29, 0.717) is 35.9 Å². The first-order valence-corrected chi connectivity index (χ1v) is 15.3. The number of carbonyl (C=O) groups is 1. The molecule has 1 saturated heterocycles. The Morgan fingerprint density at radius 1 is 1.08 bits per heavy atom. The smallest absolute Gasteiger partial charge is 0.255 e. The second kappa shape index (κ2) is 10.7. The SMILES string of the molecule is Cc1cc(C)c(CN2CCCc3sc([C@H](C)C4CCN(CC5(C)CCCC5)CC4)c(C)c3C2=O)c(=O)[nH]1. The van der Waals surface area contributed by atoms with Gasteiger partial charge in [0, 0.05) is 34.1 Å². The summed E-state index contributed by atoms with van der Waals surface area (Å²) in [5.41, 5.74) is 5.12. The van der Waals surface area contributed by atoms with Crippen LogP contribution >= 0.6 is 11.3 Å². The zero-order valence-electron chi connectivity index (χ0n) is 23.5. The van der Waals surface area contributed by atoms with Crippen LogP contribution < -0.4 is 5.56 Å². The standard InChI is InChI=1S/C31H45N3O2S/c1-20-17-21(2)32-29(35)25(20)18-34-14-8-9-26-27(30(34)36)23(4)28(37-26)22(3)24-10-15-33(16-11-24)19-31(5)12-6-7-13-31/h17,22,24H,6-16,18-19H2,1-5H3,(H,32,35)/t22-/m1/s1. The van der Waals surface area contributed by atoms with Crippen molar-refractivity contribution in [3.8, 4) is 0 Å². The molecule has 6 heteroatoms. The highest BCUT2D eigenvalue weighted by Gasteiger charge is 2.35. The molecule has 1 atom stereocenters.